The summed E-state index contributed by atoms with van der Waals surface area (Å²) >= 11 is 6.19. The average Bonchev–Trinajstić information content (AvgIpc) is 2.54. The fraction of sp³-hybridized carbons (Fsp3) is 0.158. The molecule has 0 aliphatic heterocycles. The Bertz CT molecular complexity index is 775. The Balaban J connectivity index is 2.02. The summed E-state index contributed by atoms with van der Waals surface area (Å²) < 4.78 is 14.2. The van der Waals surface area contributed by atoms with Crippen LogP contribution in [0.15, 0.2) is 60.7 Å². The van der Waals surface area contributed by atoms with Crippen molar-refractivity contribution in [3.05, 3.63) is 82.6 Å². The monoisotopic (exact) mass is 313 g/mol. The van der Waals surface area contributed by atoms with E-state index in [1.54, 1.807) is 12.1 Å². The number of fused-ring (bicyclic) bond motifs is 1. The van der Waals surface area contributed by atoms with Crippen LogP contribution in [0.2, 0.25) is 5.02 Å². The van der Waals surface area contributed by atoms with E-state index in [2.05, 4.69) is 24.3 Å². The first-order chi connectivity index (χ1) is 10.7. The van der Waals surface area contributed by atoms with Crippen LogP contribution < -0.4 is 5.73 Å². The second-order valence-corrected chi connectivity index (χ2v) is 5.82. The highest BCUT2D eigenvalue weighted by Gasteiger charge is 2.19. The summed E-state index contributed by atoms with van der Waals surface area (Å²) in [5.74, 6) is -0.428. The third-order valence-electron chi connectivity index (χ3n) is 4.04. The fourth-order valence-corrected chi connectivity index (χ4v) is 3.26. The highest BCUT2D eigenvalue weighted by molar-refractivity contribution is 6.31. The van der Waals surface area contributed by atoms with E-state index in [4.69, 9.17) is 17.3 Å². The molecule has 112 valence electrons. The molecule has 2 N–H and O–H groups in total. The van der Waals surface area contributed by atoms with Gasteiger partial charge in [0.05, 0.1) is 0 Å². The largest absolute Gasteiger partial charge is 0.330 e. The van der Waals surface area contributed by atoms with Crippen molar-refractivity contribution in [2.45, 2.75) is 12.3 Å². The van der Waals surface area contributed by atoms with Crippen LogP contribution in [0.1, 0.15) is 17.0 Å². The number of benzene rings is 3. The first-order valence-corrected chi connectivity index (χ1v) is 7.69. The van der Waals surface area contributed by atoms with E-state index in [0.29, 0.717) is 23.6 Å². The Morgan fingerprint density at radius 1 is 0.955 bits per heavy atom. The maximum Gasteiger partial charge on any atom is 0.128 e. The maximum atomic E-state index is 14.2. The third kappa shape index (κ3) is 2.85. The van der Waals surface area contributed by atoms with Crippen molar-refractivity contribution < 1.29 is 4.39 Å². The van der Waals surface area contributed by atoms with Gasteiger partial charge in [-0.05, 0) is 41.4 Å². The van der Waals surface area contributed by atoms with Gasteiger partial charge in [-0.3, -0.25) is 0 Å². The highest BCUT2D eigenvalue weighted by atomic mass is 35.5. The molecule has 0 radical (unpaired) electrons. The number of hydrogen-bond donors (Lipinski definition) is 1. The van der Waals surface area contributed by atoms with Crippen LogP contribution >= 0.6 is 11.6 Å². The van der Waals surface area contributed by atoms with Crippen LogP contribution in [0, 0.1) is 5.82 Å². The van der Waals surface area contributed by atoms with Crippen LogP contribution in [-0.4, -0.2) is 6.54 Å². The van der Waals surface area contributed by atoms with Crippen molar-refractivity contribution in [3.8, 4) is 0 Å². The number of halogens is 2. The van der Waals surface area contributed by atoms with Crippen LogP contribution in [0.3, 0.4) is 0 Å². The van der Waals surface area contributed by atoms with Crippen molar-refractivity contribution in [1.29, 1.82) is 0 Å². The Morgan fingerprint density at radius 3 is 2.45 bits per heavy atom. The van der Waals surface area contributed by atoms with Crippen molar-refractivity contribution >= 4 is 22.4 Å². The van der Waals surface area contributed by atoms with Crippen molar-refractivity contribution in [2.75, 3.05) is 6.54 Å². The Kier molecular flexibility index (Phi) is 4.41. The van der Waals surface area contributed by atoms with Gasteiger partial charge in [0.2, 0.25) is 0 Å². The van der Waals surface area contributed by atoms with E-state index in [0.717, 1.165) is 5.56 Å². The summed E-state index contributed by atoms with van der Waals surface area (Å²) in [6.45, 7) is 0.351. The van der Waals surface area contributed by atoms with Gasteiger partial charge in [-0.2, -0.15) is 0 Å². The number of hydrogen-bond acceptors (Lipinski definition) is 1. The van der Waals surface area contributed by atoms with Crippen LogP contribution in [0.4, 0.5) is 4.39 Å². The molecule has 0 saturated heterocycles. The second-order valence-electron chi connectivity index (χ2n) is 5.41. The summed E-state index contributed by atoms with van der Waals surface area (Å²) in [7, 11) is 0. The standard InChI is InChI=1S/C19H17ClFN/c20-17-9-4-10-18(21)19(17)15(12-22)11-14-7-3-6-13-5-1-2-8-16(13)14/h1-10,15H,11-12,22H2. The minimum Gasteiger partial charge on any atom is -0.330 e. The molecular weight excluding hydrogens is 297 g/mol. The van der Waals surface area contributed by atoms with E-state index in [9.17, 15) is 4.39 Å². The van der Waals surface area contributed by atoms with Gasteiger partial charge in [-0.1, -0.05) is 60.1 Å². The lowest BCUT2D eigenvalue weighted by atomic mass is 9.89. The molecular formula is C19H17ClFN. The molecule has 0 aliphatic rings. The van der Waals surface area contributed by atoms with Crippen molar-refractivity contribution in [1.82, 2.24) is 0 Å². The van der Waals surface area contributed by atoms with Gasteiger partial charge < -0.3 is 5.73 Å². The summed E-state index contributed by atoms with van der Waals surface area (Å²) in [6.07, 6.45) is 0.665. The summed E-state index contributed by atoms with van der Waals surface area (Å²) in [6, 6.07) is 19.1. The lowest BCUT2D eigenvalue weighted by Gasteiger charge is -2.18. The normalized spacial score (nSPS) is 12.5. The third-order valence-corrected chi connectivity index (χ3v) is 4.37. The topological polar surface area (TPSA) is 26.0 Å². The van der Waals surface area contributed by atoms with E-state index >= 15 is 0 Å². The van der Waals surface area contributed by atoms with Gasteiger partial charge in [0.15, 0.2) is 0 Å². The van der Waals surface area contributed by atoms with Crippen molar-refractivity contribution in [2.24, 2.45) is 5.73 Å². The molecule has 3 aromatic rings. The molecule has 22 heavy (non-hydrogen) atoms. The molecule has 3 heteroatoms. The lowest BCUT2D eigenvalue weighted by molar-refractivity contribution is 0.576. The van der Waals surface area contributed by atoms with Gasteiger partial charge in [0, 0.05) is 16.5 Å². The second kappa shape index (κ2) is 6.47. The van der Waals surface area contributed by atoms with E-state index < -0.39 is 0 Å². The quantitative estimate of drug-likeness (QED) is 0.727. The Hall–Kier alpha value is -1.90. The Labute approximate surface area is 134 Å². The van der Waals surface area contributed by atoms with Gasteiger partial charge in [0.1, 0.15) is 5.82 Å². The molecule has 0 heterocycles. The van der Waals surface area contributed by atoms with Crippen LogP contribution in [0.5, 0.6) is 0 Å². The first kappa shape index (κ1) is 15.0. The molecule has 0 spiro atoms. The van der Waals surface area contributed by atoms with Gasteiger partial charge in [-0.15, -0.1) is 0 Å². The zero-order valence-electron chi connectivity index (χ0n) is 12.1. The molecule has 1 atom stereocenters. The van der Waals surface area contributed by atoms with Gasteiger partial charge in [-0.25, -0.2) is 4.39 Å². The summed E-state index contributed by atoms with van der Waals surface area (Å²) in [5.41, 5.74) is 7.58. The molecule has 0 amide bonds. The van der Waals surface area contributed by atoms with E-state index in [1.807, 2.05) is 18.2 Å². The van der Waals surface area contributed by atoms with Crippen LogP contribution in [-0.2, 0) is 6.42 Å². The number of rotatable bonds is 4. The van der Waals surface area contributed by atoms with Crippen LogP contribution in [0.25, 0.3) is 10.8 Å². The highest BCUT2D eigenvalue weighted by Crippen LogP contribution is 2.31. The van der Waals surface area contributed by atoms with E-state index in [-0.39, 0.29) is 11.7 Å². The van der Waals surface area contributed by atoms with Crippen molar-refractivity contribution in [3.63, 3.8) is 0 Å². The predicted octanol–water partition coefficient (Wildman–Crippen LogP) is 4.92. The minimum absolute atomic E-state index is 0.139. The molecule has 0 aliphatic carbocycles. The zero-order valence-corrected chi connectivity index (χ0v) is 12.9. The molecule has 0 fully saturated rings. The SMILES string of the molecule is NCC(Cc1cccc2ccccc12)c1c(F)cccc1Cl. The minimum atomic E-state index is -0.289. The molecule has 3 rings (SSSR count). The molecule has 0 bridgehead atoms. The fourth-order valence-electron chi connectivity index (χ4n) is 2.94. The average molecular weight is 314 g/mol. The van der Waals surface area contributed by atoms with Gasteiger partial charge >= 0.3 is 0 Å². The molecule has 1 nitrogen and oxygen atoms in total. The molecule has 0 saturated carbocycles. The van der Waals surface area contributed by atoms with Gasteiger partial charge in [0.25, 0.3) is 0 Å². The summed E-state index contributed by atoms with van der Waals surface area (Å²) in [5, 5.41) is 2.79. The number of nitrogens with two attached hydrogens (primary N) is 1. The Morgan fingerprint density at radius 2 is 1.68 bits per heavy atom. The summed E-state index contributed by atoms with van der Waals surface area (Å²) in [4.78, 5) is 0. The van der Waals surface area contributed by atoms with E-state index in [1.165, 1.54) is 16.8 Å². The zero-order chi connectivity index (χ0) is 15.5. The predicted molar refractivity (Wildman–Crippen MR) is 90.9 cm³/mol. The first-order valence-electron chi connectivity index (χ1n) is 7.31. The lowest BCUT2D eigenvalue weighted by Crippen LogP contribution is -2.17. The smallest absolute Gasteiger partial charge is 0.128 e. The molecule has 1 unspecified atom stereocenters. The maximum absolute atomic E-state index is 14.2. The molecule has 0 aromatic heterocycles. The molecule has 3 aromatic carbocycles.